The number of hydrogen-bond acceptors (Lipinski definition) is 9. The van der Waals surface area contributed by atoms with Crippen LogP contribution in [0.25, 0.3) is 11.3 Å². The summed E-state index contributed by atoms with van der Waals surface area (Å²) < 4.78 is 54.2. The molecule has 0 spiro atoms. The van der Waals surface area contributed by atoms with Crippen molar-refractivity contribution in [2.45, 2.75) is 95.3 Å². The number of hydrogen-bond donors (Lipinski definition) is 1. The zero-order valence-electron chi connectivity index (χ0n) is 28.7. The van der Waals surface area contributed by atoms with Crippen molar-refractivity contribution in [1.82, 2.24) is 9.97 Å². The molecular formula is C34H49N3O7SSi. The van der Waals surface area contributed by atoms with Gasteiger partial charge in [0.15, 0.2) is 23.2 Å². The van der Waals surface area contributed by atoms with Gasteiger partial charge in [0.2, 0.25) is 5.90 Å². The fourth-order valence-electron chi connectivity index (χ4n) is 6.40. The van der Waals surface area contributed by atoms with E-state index in [0.29, 0.717) is 53.0 Å². The molecule has 10 nitrogen and oxygen atoms in total. The summed E-state index contributed by atoms with van der Waals surface area (Å²) in [4.78, 5) is 12.4. The van der Waals surface area contributed by atoms with Crippen molar-refractivity contribution in [2.75, 3.05) is 26.6 Å². The van der Waals surface area contributed by atoms with Gasteiger partial charge in [0.25, 0.3) is 0 Å². The molecule has 0 saturated heterocycles. The fourth-order valence-corrected chi connectivity index (χ4v) is 12.4. The summed E-state index contributed by atoms with van der Waals surface area (Å²) in [5.41, 5.74) is 3.89. The highest BCUT2D eigenvalue weighted by atomic mass is 32.2. The molecule has 4 rings (SSSR count). The maximum atomic E-state index is 11.8. The first-order chi connectivity index (χ1) is 21.6. The Balaban J connectivity index is 1.58. The number of ether oxygens (including phenoxy) is 4. The van der Waals surface area contributed by atoms with Crippen molar-refractivity contribution in [3.05, 3.63) is 54.4 Å². The van der Waals surface area contributed by atoms with E-state index in [1.807, 2.05) is 38.1 Å². The van der Waals surface area contributed by atoms with Crippen LogP contribution in [-0.4, -0.2) is 77.4 Å². The molecule has 2 aromatic heterocycles. The largest absolute Gasteiger partial charge is 0.488 e. The minimum Gasteiger partial charge on any atom is -0.488 e. The van der Waals surface area contributed by atoms with Crippen LogP contribution in [0.1, 0.15) is 61.1 Å². The molecule has 252 valence electrons. The van der Waals surface area contributed by atoms with Crippen molar-refractivity contribution in [3.63, 3.8) is 0 Å². The van der Waals surface area contributed by atoms with Gasteiger partial charge < -0.3 is 28.4 Å². The Labute approximate surface area is 274 Å². The van der Waals surface area contributed by atoms with Gasteiger partial charge in [0, 0.05) is 30.7 Å². The molecule has 2 unspecified atom stereocenters. The summed E-state index contributed by atoms with van der Waals surface area (Å²) in [7, 11) is -3.82. The highest BCUT2D eigenvalue weighted by Gasteiger charge is 2.46. The molecule has 0 bridgehead atoms. The summed E-state index contributed by atoms with van der Waals surface area (Å²) in [5, 5.41) is -0.0220. The van der Waals surface area contributed by atoms with Gasteiger partial charge in [-0.25, -0.2) is 18.4 Å². The third kappa shape index (κ3) is 8.20. The molecule has 0 aliphatic carbocycles. The van der Waals surface area contributed by atoms with Gasteiger partial charge in [0.05, 0.1) is 19.4 Å². The Morgan fingerprint density at radius 3 is 2.15 bits per heavy atom. The predicted molar refractivity (Wildman–Crippen MR) is 183 cm³/mol. The lowest BCUT2D eigenvalue weighted by Gasteiger charge is -2.42. The van der Waals surface area contributed by atoms with Gasteiger partial charge in [-0.2, -0.15) is 0 Å². The molecule has 46 heavy (non-hydrogen) atoms. The molecular weight excluding hydrogens is 623 g/mol. The SMILES string of the molecule is COC[C@H](C)Oc1cc(Oc2ccc(S(C)(=O)=O)nc2)cc(-c2ccc(C3=NC(CO[Si](C(C)C)(C(C)C)C(C)C)C(C)O3)[nH]2)c1. The molecule has 0 fully saturated rings. The first-order valence-corrected chi connectivity index (χ1v) is 19.9. The summed E-state index contributed by atoms with van der Waals surface area (Å²) in [6, 6.07) is 12.4. The number of nitrogens with one attached hydrogen (secondary N) is 1. The van der Waals surface area contributed by atoms with E-state index < -0.39 is 18.2 Å². The van der Waals surface area contributed by atoms with Crippen molar-refractivity contribution >= 4 is 24.1 Å². The van der Waals surface area contributed by atoms with E-state index >= 15 is 0 Å². The highest BCUT2D eigenvalue weighted by molar-refractivity contribution is 7.90. The fraction of sp³-hybridized carbons (Fsp3) is 0.529. The maximum absolute atomic E-state index is 11.8. The molecule has 0 saturated carbocycles. The minimum absolute atomic E-state index is 0.0220. The molecule has 0 amide bonds. The number of sulfone groups is 1. The minimum atomic E-state index is -3.42. The van der Waals surface area contributed by atoms with Gasteiger partial charge >= 0.3 is 0 Å². The van der Waals surface area contributed by atoms with Crippen LogP contribution in [0.15, 0.2) is 58.7 Å². The highest BCUT2D eigenvalue weighted by Crippen LogP contribution is 2.42. The number of benzene rings is 1. The van der Waals surface area contributed by atoms with Crippen LogP contribution in [0, 0.1) is 0 Å². The van der Waals surface area contributed by atoms with Crippen LogP contribution in [0.4, 0.5) is 0 Å². The van der Waals surface area contributed by atoms with Crippen molar-refractivity contribution < 1.29 is 31.8 Å². The van der Waals surface area contributed by atoms with E-state index in [0.717, 1.165) is 23.2 Å². The van der Waals surface area contributed by atoms with Crippen LogP contribution in [0.3, 0.4) is 0 Å². The van der Waals surface area contributed by atoms with Gasteiger partial charge in [0.1, 0.15) is 41.2 Å². The first kappa shape index (κ1) is 35.7. The topological polar surface area (TPSA) is 121 Å². The molecule has 3 atom stereocenters. The lowest BCUT2D eigenvalue weighted by atomic mass is 10.1. The van der Waals surface area contributed by atoms with Gasteiger partial charge in [-0.1, -0.05) is 41.5 Å². The monoisotopic (exact) mass is 671 g/mol. The van der Waals surface area contributed by atoms with Crippen LogP contribution in [0.2, 0.25) is 16.6 Å². The Hall–Kier alpha value is -3.19. The third-order valence-electron chi connectivity index (χ3n) is 8.50. The van der Waals surface area contributed by atoms with E-state index in [1.54, 1.807) is 19.2 Å². The molecule has 1 aromatic carbocycles. The number of aliphatic imine (C=N–C) groups is 1. The standard InChI is InChI=1S/C34H49N3O7SSi/c1-21(2)46(22(3)4,23(5)6)41-20-32-25(8)43-34(37-32)31-13-12-30(36-31)26-15-28(42-24(7)19-40-9)17-29(16-26)44-27-11-14-33(35-18-27)45(10,38)39/h11-18,21-25,32,36H,19-20H2,1-10H3/t24-,25?,32?/m0/s1. The van der Waals surface area contributed by atoms with Crippen LogP contribution in [-0.2, 0) is 23.7 Å². The zero-order valence-corrected chi connectivity index (χ0v) is 30.5. The van der Waals surface area contributed by atoms with Gasteiger partial charge in [-0.05, 0) is 66.9 Å². The van der Waals surface area contributed by atoms with E-state index in [4.69, 9.17) is 28.4 Å². The van der Waals surface area contributed by atoms with Crippen LogP contribution < -0.4 is 9.47 Å². The van der Waals surface area contributed by atoms with E-state index in [-0.39, 0.29) is 23.3 Å². The quantitative estimate of drug-likeness (QED) is 0.166. The number of H-pyrrole nitrogens is 1. The summed E-state index contributed by atoms with van der Waals surface area (Å²) in [5.74, 6) is 2.04. The molecule has 12 heteroatoms. The van der Waals surface area contributed by atoms with Crippen LogP contribution in [0.5, 0.6) is 17.2 Å². The Morgan fingerprint density at radius 1 is 0.913 bits per heavy atom. The van der Waals surface area contributed by atoms with Crippen molar-refractivity contribution in [3.8, 4) is 28.5 Å². The number of aromatic amines is 1. The average molecular weight is 672 g/mol. The van der Waals surface area contributed by atoms with Crippen molar-refractivity contribution in [1.29, 1.82) is 0 Å². The maximum Gasteiger partial charge on any atom is 0.233 e. The van der Waals surface area contributed by atoms with Gasteiger partial charge in [-0.15, -0.1) is 0 Å². The zero-order chi connectivity index (χ0) is 33.8. The smallest absolute Gasteiger partial charge is 0.233 e. The van der Waals surface area contributed by atoms with E-state index in [9.17, 15) is 8.42 Å². The lowest BCUT2D eigenvalue weighted by molar-refractivity contribution is 0.0920. The Morgan fingerprint density at radius 2 is 1.57 bits per heavy atom. The molecule has 1 aliphatic heterocycles. The van der Waals surface area contributed by atoms with Gasteiger partial charge in [-0.3, -0.25) is 0 Å². The second-order valence-electron chi connectivity index (χ2n) is 13.0. The molecule has 3 aromatic rings. The lowest BCUT2D eigenvalue weighted by Crippen LogP contribution is -2.49. The number of methoxy groups -OCH3 is 1. The predicted octanol–water partition coefficient (Wildman–Crippen LogP) is 7.41. The Bertz CT molecular complexity index is 1580. The number of aromatic nitrogens is 2. The molecule has 3 heterocycles. The second-order valence-corrected chi connectivity index (χ2v) is 20.4. The van der Waals surface area contributed by atoms with Crippen LogP contribution >= 0.6 is 0 Å². The molecule has 0 radical (unpaired) electrons. The average Bonchev–Trinajstić information content (AvgIpc) is 3.60. The Kier molecular flexibility index (Phi) is 11.4. The number of pyridine rings is 1. The summed E-state index contributed by atoms with van der Waals surface area (Å²) >= 11 is 0. The number of nitrogens with zero attached hydrogens (tertiary/aromatic N) is 2. The van der Waals surface area contributed by atoms with E-state index in [2.05, 4.69) is 51.5 Å². The molecule has 1 aliphatic rings. The summed E-state index contributed by atoms with van der Waals surface area (Å²) in [6.07, 6.45) is 2.19. The van der Waals surface area contributed by atoms with E-state index in [1.165, 1.54) is 12.3 Å². The summed E-state index contributed by atoms with van der Waals surface area (Å²) in [6.45, 7) is 18.6. The third-order valence-corrected chi connectivity index (χ3v) is 15.6. The van der Waals surface area contributed by atoms with Crippen molar-refractivity contribution in [2.24, 2.45) is 4.99 Å². The second kappa shape index (κ2) is 14.7. The number of rotatable bonds is 15. The normalized spacial score (nSPS) is 17.8. The first-order valence-electron chi connectivity index (χ1n) is 15.9. The molecule has 1 N–H and O–H groups in total.